The van der Waals surface area contributed by atoms with E-state index in [4.69, 9.17) is 4.74 Å². The summed E-state index contributed by atoms with van der Waals surface area (Å²) >= 11 is 0. The number of halogens is 1. The summed E-state index contributed by atoms with van der Waals surface area (Å²) in [7, 11) is 1.85. The van der Waals surface area contributed by atoms with Gasteiger partial charge in [0, 0.05) is 12.2 Å². The lowest BCUT2D eigenvalue weighted by Gasteiger charge is -2.17. The lowest BCUT2D eigenvalue weighted by molar-refractivity contribution is -0.117. The van der Waals surface area contributed by atoms with Gasteiger partial charge in [-0.05, 0) is 49.9 Å². The molecule has 2 rings (SSSR count). The Balaban J connectivity index is 1.71. The first kappa shape index (κ1) is 17.0. The molecule has 0 spiro atoms. The van der Waals surface area contributed by atoms with Crippen molar-refractivity contribution in [1.82, 2.24) is 4.90 Å². The number of hydrogen-bond acceptors (Lipinski definition) is 3. The molecule has 0 aliphatic heterocycles. The molecule has 2 aromatic rings. The third kappa shape index (κ3) is 5.71. The second kappa shape index (κ2) is 8.29. The highest BCUT2D eigenvalue weighted by Gasteiger charge is 2.07. The third-order valence-electron chi connectivity index (χ3n) is 3.37. The van der Waals surface area contributed by atoms with Crippen LogP contribution in [0.25, 0.3) is 0 Å². The maximum Gasteiger partial charge on any atom is 0.238 e. The van der Waals surface area contributed by atoms with Gasteiger partial charge >= 0.3 is 0 Å². The number of anilines is 1. The molecule has 5 heteroatoms. The van der Waals surface area contributed by atoms with E-state index in [1.807, 2.05) is 43.1 Å². The quantitative estimate of drug-likeness (QED) is 0.853. The summed E-state index contributed by atoms with van der Waals surface area (Å²) in [6.07, 6.45) is 0. The molecule has 0 atom stereocenters. The molecular weight excluding hydrogens is 295 g/mol. The molecule has 4 nitrogen and oxygen atoms in total. The van der Waals surface area contributed by atoms with Crippen LogP contribution in [0.4, 0.5) is 10.1 Å². The Morgan fingerprint density at radius 3 is 2.57 bits per heavy atom. The lowest BCUT2D eigenvalue weighted by atomic mass is 10.2. The monoisotopic (exact) mass is 316 g/mol. The number of nitrogens with zero attached hydrogens (tertiary/aromatic N) is 1. The predicted molar refractivity (Wildman–Crippen MR) is 89.2 cm³/mol. The van der Waals surface area contributed by atoms with E-state index in [9.17, 15) is 9.18 Å². The summed E-state index contributed by atoms with van der Waals surface area (Å²) in [5.41, 5.74) is 1.67. The second-order valence-corrected chi connectivity index (χ2v) is 5.41. The van der Waals surface area contributed by atoms with Gasteiger partial charge in [0.1, 0.15) is 18.2 Å². The average molecular weight is 316 g/mol. The van der Waals surface area contributed by atoms with Crippen LogP contribution in [0.2, 0.25) is 0 Å². The number of hydrogen-bond donors (Lipinski definition) is 1. The van der Waals surface area contributed by atoms with E-state index in [1.165, 1.54) is 24.3 Å². The Labute approximate surface area is 135 Å². The van der Waals surface area contributed by atoms with Crippen LogP contribution in [0.3, 0.4) is 0 Å². The standard InChI is InChI=1S/C18H21FN2O2/c1-14-5-3-4-6-17(14)23-12-11-21(2)13-18(22)20-16-9-7-15(19)8-10-16/h3-10H,11-13H2,1-2H3,(H,20,22). The van der Waals surface area contributed by atoms with Crippen molar-refractivity contribution in [2.24, 2.45) is 0 Å². The molecule has 1 N–H and O–H groups in total. The molecule has 0 saturated carbocycles. The van der Waals surface area contributed by atoms with Gasteiger partial charge in [0.15, 0.2) is 0 Å². The summed E-state index contributed by atoms with van der Waals surface area (Å²) in [6.45, 7) is 3.38. The zero-order valence-electron chi connectivity index (χ0n) is 13.4. The number of carbonyl (C=O) groups is 1. The van der Waals surface area contributed by atoms with Crippen molar-refractivity contribution in [3.63, 3.8) is 0 Å². The number of nitrogens with one attached hydrogen (secondary N) is 1. The number of carbonyl (C=O) groups excluding carboxylic acids is 1. The molecule has 0 bridgehead atoms. The van der Waals surface area contributed by atoms with Crippen LogP contribution in [0.15, 0.2) is 48.5 Å². The second-order valence-electron chi connectivity index (χ2n) is 5.41. The predicted octanol–water partition coefficient (Wildman–Crippen LogP) is 3.08. The fraction of sp³-hybridized carbons (Fsp3) is 0.278. The van der Waals surface area contributed by atoms with Crippen LogP contribution in [0.5, 0.6) is 5.75 Å². The molecule has 0 unspecified atom stereocenters. The number of likely N-dealkylation sites (N-methyl/N-ethyl adjacent to an activating group) is 1. The smallest absolute Gasteiger partial charge is 0.238 e. The van der Waals surface area contributed by atoms with Crippen molar-refractivity contribution in [2.45, 2.75) is 6.92 Å². The van der Waals surface area contributed by atoms with E-state index >= 15 is 0 Å². The zero-order chi connectivity index (χ0) is 16.7. The van der Waals surface area contributed by atoms with E-state index in [-0.39, 0.29) is 18.3 Å². The van der Waals surface area contributed by atoms with Gasteiger partial charge in [-0.1, -0.05) is 18.2 Å². The highest BCUT2D eigenvalue weighted by atomic mass is 19.1. The highest BCUT2D eigenvalue weighted by Crippen LogP contribution is 2.15. The van der Waals surface area contributed by atoms with Gasteiger partial charge in [-0.3, -0.25) is 9.69 Å². The van der Waals surface area contributed by atoms with Crippen molar-refractivity contribution in [3.8, 4) is 5.75 Å². The number of amides is 1. The maximum absolute atomic E-state index is 12.8. The number of para-hydroxylation sites is 1. The van der Waals surface area contributed by atoms with Crippen LogP contribution in [-0.2, 0) is 4.79 Å². The maximum atomic E-state index is 12.8. The molecule has 0 aliphatic carbocycles. The molecule has 1 amide bonds. The van der Waals surface area contributed by atoms with E-state index < -0.39 is 0 Å². The molecule has 2 aromatic carbocycles. The van der Waals surface area contributed by atoms with Gasteiger partial charge in [0.05, 0.1) is 6.54 Å². The third-order valence-corrected chi connectivity index (χ3v) is 3.37. The highest BCUT2D eigenvalue weighted by molar-refractivity contribution is 5.92. The Kier molecular flexibility index (Phi) is 6.11. The molecule has 0 saturated heterocycles. The van der Waals surface area contributed by atoms with Gasteiger partial charge in [-0.2, -0.15) is 0 Å². The van der Waals surface area contributed by atoms with Crippen LogP contribution >= 0.6 is 0 Å². The average Bonchev–Trinajstić information content (AvgIpc) is 2.51. The molecule has 0 fully saturated rings. The SMILES string of the molecule is Cc1ccccc1OCCN(C)CC(=O)Nc1ccc(F)cc1. The van der Waals surface area contributed by atoms with Crippen molar-refractivity contribution < 1.29 is 13.9 Å². The first-order valence-electron chi connectivity index (χ1n) is 7.47. The Hall–Kier alpha value is -2.40. The van der Waals surface area contributed by atoms with Crippen LogP contribution in [-0.4, -0.2) is 37.6 Å². The minimum absolute atomic E-state index is 0.144. The number of benzene rings is 2. The van der Waals surface area contributed by atoms with E-state index in [1.54, 1.807) is 0 Å². The zero-order valence-corrected chi connectivity index (χ0v) is 13.4. The van der Waals surface area contributed by atoms with Gasteiger partial charge in [0.25, 0.3) is 0 Å². The van der Waals surface area contributed by atoms with Crippen LogP contribution in [0, 0.1) is 12.7 Å². The van der Waals surface area contributed by atoms with Gasteiger partial charge < -0.3 is 10.1 Å². The Morgan fingerprint density at radius 2 is 1.87 bits per heavy atom. The van der Waals surface area contributed by atoms with E-state index in [0.29, 0.717) is 18.8 Å². The topological polar surface area (TPSA) is 41.6 Å². The summed E-state index contributed by atoms with van der Waals surface area (Å²) < 4.78 is 18.5. The van der Waals surface area contributed by atoms with E-state index in [0.717, 1.165) is 11.3 Å². The van der Waals surface area contributed by atoms with Crippen LogP contribution < -0.4 is 10.1 Å². The summed E-state index contributed by atoms with van der Waals surface area (Å²) in [4.78, 5) is 13.8. The van der Waals surface area contributed by atoms with Gasteiger partial charge in [-0.15, -0.1) is 0 Å². The normalized spacial score (nSPS) is 10.6. The Bertz CT molecular complexity index is 644. The molecule has 0 heterocycles. The number of rotatable bonds is 7. The number of ether oxygens (including phenoxy) is 1. The number of aryl methyl sites for hydroxylation is 1. The summed E-state index contributed by atoms with van der Waals surface area (Å²) in [5, 5.41) is 2.73. The minimum Gasteiger partial charge on any atom is -0.492 e. The first-order chi connectivity index (χ1) is 11.0. The van der Waals surface area contributed by atoms with Gasteiger partial charge in [0.2, 0.25) is 5.91 Å². The van der Waals surface area contributed by atoms with Crippen LogP contribution in [0.1, 0.15) is 5.56 Å². The largest absolute Gasteiger partial charge is 0.492 e. The molecule has 0 radical (unpaired) electrons. The molecule has 0 aromatic heterocycles. The lowest BCUT2D eigenvalue weighted by Crippen LogP contribution is -2.33. The fourth-order valence-electron chi connectivity index (χ4n) is 2.09. The van der Waals surface area contributed by atoms with Crippen molar-refractivity contribution in [1.29, 1.82) is 0 Å². The summed E-state index contributed by atoms with van der Waals surface area (Å²) in [5.74, 6) is 0.389. The van der Waals surface area contributed by atoms with Crippen molar-refractivity contribution in [2.75, 3.05) is 32.1 Å². The van der Waals surface area contributed by atoms with E-state index in [2.05, 4.69) is 5.32 Å². The minimum atomic E-state index is -0.325. The molecular formula is C18H21FN2O2. The molecule has 0 aliphatic rings. The molecule has 23 heavy (non-hydrogen) atoms. The Morgan fingerprint density at radius 1 is 1.17 bits per heavy atom. The summed E-state index contributed by atoms with van der Waals surface area (Å²) in [6, 6.07) is 13.5. The fourth-order valence-corrected chi connectivity index (χ4v) is 2.09. The first-order valence-corrected chi connectivity index (χ1v) is 7.47. The molecule has 122 valence electrons. The van der Waals surface area contributed by atoms with Crippen molar-refractivity contribution in [3.05, 3.63) is 59.9 Å². The van der Waals surface area contributed by atoms with Crippen molar-refractivity contribution >= 4 is 11.6 Å². The van der Waals surface area contributed by atoms with Gasteiger partial charge in [-0.25, -0.2) is 4.39 Å².